The van der Waals surface area contributed by atoms with Crippen molar-refractivity contribution in [2.75, 3.05) is 23.3 Å². The highest BCUT2D eigenvalue weighted by atomic mass is 35.5. The molecule has 0 aliphatic carbocycles. The molecule has 1 aliphatic heterocycles. The van der Waals surface area contributed by atoms with Crippen molar-refractivity contribution in [3.63, 3.8) is 0 Å². The number of carbonyl (C=O) groups is 1. The van der Waals surface area contributed by atoms with E-state index in [1.165, 1.54) is 6.07 Å². The third-order valence-electron chi connectivity index (χ3n) is 4.95. The quantitative estimate of drug-likeness (QED) is 0.607. The Morgan fingerprint density at radius 1 is 1.31 bits per heavy atom. The van der Waals surface area contributed by atoms with E-state index >= 15 is 0 Å². The number of rotatable bonds is 4. The summed E-state index contributed by atoms with van der Waals surface area (Å²) in [6.45, 7) is 2.30. The number of aromatic nitrogens is 2. The Hall–Kier alpha value is -2.15. The molecule has 1 saturated heterocycles. The van der Waals surface area contributed by atoms with Gasteiger partial charge in [-0.15, -0.1) is 23.2 Å². The van der Waals surface area contributed by atoms with Crippen LogP contribution in [0.3, 0.4) is 0 Å². The zero-order valence-electron chi connectivity index (χ0n) is 16.5. The molecule has 1 amide bonds. The Kier molecular flexibility index (Phi) is 6.62. The molecule has 3 heterocycles. The highest BCUT2D eigenvalue weighted by Crippen LogP contribution is 2.40. The van der Waals surface area contributed by atoms with Crippen LogP contribution in [-0.2, 0) is 16.2 Å². The Balaban J connectivity index is 1.99. The maximum Gasteiger partial charge on any atom is 0.417 e. The average molecular weight is 512 g/mol. The summed E-state index contributed by atoms with van der Waals surface area (Å²) in [6, 6.07) is 2.95. The number of hydrogen-bond donors (Lipinski definition) is 2. The van der Waals surface area contributed by atoms with Gasteiger partial charge in [0.05, 0.1) is 11.1 Å². The van der Waals surface area contributed by atoms with Crippen molar-refractivity contribution in [1.29, 1.82) is 0 Å². The van der Waals surface area contributed by atoms with Gasteiger partial charge in [0, 0.05) is 43.2 Å². The average Bonchev–Trinajstić information content (AvgIpc) is 2.68. The molecular weight excluding hydrogens is 494 g/mol. The highest BCUT2D eigenvalue weighted by Gasteiger charge is 2.39. The minimum absolute atomic E-state index is 0.0203. The molecule has 32 heavy (non-hydrogen) atoms. The number of nitrogens with zero attached hydrogens (tertiary/aromatic N) is 3. The van der Waals surface area contributed by atoms with Crippen LogP contribution in [0.1, 0.15) is 29.3 Å². The predicted octanol–water partition coefficient (Wildman–Crippen LogP) is 3.42. The molecule has 0 bridgehead atoms. The van der Waals surface area contributed by atoms with Crippen LogP contribution in [0.5, 0.6) is 0 Å². The minimum Gasteiger partial charge on any atom is -0.355 e. The SMILES string of the molecule is C[C@H]1CN(c2ncc(C(F)(F)F)cc2C(=O)Nc2ccnc(S(N)(=O)=O)c2)CCC1(Cl)Cl. The van der Waals surface area contributed by atoms with E-state index in [2.05, 4.69) is 15.3 Å². The molecule has 1 fully saturated rings. The summed E-state index contributed by atoms with van der Waals surface area (Å²) in [4.78, 5) is 22.1. The summed E-state index contributed by atoms with van der Waals surface area (Å²) >= 11 is 12.5. The first-order chi connectivity index (χ1) is 14.7. The minimum atomic E-state index is -4.73. The molecule has 3 rings (SSSR count). The first-order valence-electron chi connectivity index (χ1n) is 9.19. The van der Waals surface area contributed by atoms with Gasteiger partial charge in [-0.05, 0) is 18.6 Å². The van der Waals surface area contributed by atoms with Crippen LogP contribution < -0.4 is 15.4 Å². The molecule has 2 aromatic rings. The molecule has 0 aromatic carbocycles. The fourth-order valence-corrected chi connectivity index (χ4v) is 3.96. The lowest BCUT2D eigenvalue weighted by molar-refractivity contribution is -0.137. The lowest BCUT2D eigenvalue weighted by Gasteiger charge is -2.40. The number of nitrogens with one attached hydrogen (secondary N) is 1. The molecule has 1 atom stereocenters. The number of halogens is 5. The zero-order chi connectivity index (χ0) is 23.9. The van der Waals surface area contributed by atoms with Crippen molar-refractivity contribution in [1.82, 2.24) is 9.97 Å². The molecule has 0 radical (unpaired) electrons. The van der Waals surface area contributed by atoms with Crippen molar-refractivity contribution in [3.8, 4) is 0 Å². The molecule has 3 N–H and O–H groups in total. The van der Waals surface area contributed by atoms with E-state index in [0.29, 0.717) is 18.7 Å². The summed E-state index contributed by atoms with van der Waals surface area (Å²) in [5.41, 5.74) is -1.48. The van der Waals surface area contributed by atoms with Gasteiger partial charge < -0.3 is 10.2 Å². The van der Waals surface area contributed by atoms with Gasteiger partial charge in [-0.3, -0.25) is 4.79 Å². The van der Waals surface area contributed by atoms with Crippen LogP contribution in [-0.4, -0.2) is 41.7 Å². The lowest BCUT2D eigenvalue weighted by Crippen LogP contribution is -2.45. The Morgan fingerprint density at radius 2 is 2.00 bits per heavy atom. The number of piperidine rings is 1. The first-order valence-corrected chi connectivity index (χ1v) is 11.5. The van der Waals surface area contributed by atoms with Crippen LogP contribution >= 0.6 is 23.2 Å². The number of alkyl halides is 5. The monoisotopic (exact) mass is 511 g/mol. The van der Waals surface area contributed by atoms with E-state index in [0.717, 1.165) is 12.3 Å². The largest absolute Gasteiger partial charge is 0.417 e. The van der Waals surface area contributed by atoms with Gasteiger partial charge in [0.1, 0.15) is 10.2 Å². The summed E-state index contributed by atoms with van der Waals surface area (Å²) in [5.74, 6) is -1.16. The van der Waals surface area contributed by atoms with Crippen molar-refractivity contribution in [2.24, 2.45) is 11.1 Å². The number of amides is 1. The van der Waals surface area contributed by atoms with Crippen LogP contribution in [0.4, 0.5) is 24.7 Å². The smallest absolute Gasteiger partial charge is 0.355 e. The summed E-state index contributed by atoms with van der Waals surface area (Å²) in [5, 5.41) is 6.89. The molecule has 2 aromatic heterocycles. The van der Waals surface area contributed by atoms with Crippen LogP contribution in [0.2, 0.25) is 0 Å². The van der Waals surface area contributed by atoms with Gasteiger partial charge >= 0.3 is 6.18 Å². The molecule has 0 unspecified atom stereocenters. The normalized spacial score (nSPS) is 19.0. The lowest BCUT2D eigenvalue weighted by atomic mass is 9.98. The third-order valence-corrected chi connectivity index (χ3v) is 6.88. The van der Waals surface area contributed by atoms with Crippen molar-refractivity contribution >= 4 is 50.6 Å². The van der Waals surface area contributed by atoms with Gasteiger partial charge in [0.2, 0.25) is 0 Å². The number of sulfonamides is 1. The maximum atomic E-state index is 13.3. The van der Waals surface area contributed by atoms with Gasteiger partial charge in [0.15, 0.2) is 5.03 Å². The standard InChI is InChI=1S/C18H18Cl2F3N5O3S/c1-10-9-28(5-3-17(10,19)20)15-13(6-11(8-26-15)18(21,22)23)16(29)27-12-2-4-25-14(7-12)32(24,30)31/h2,4,6-8,10H,3,5,9H2,1H3,(H2,24,30,31)(H,25,27,29)/t10-/m0/s1. The third kappa shape index (κ3) is 5.42. The van der Waals surface area contributed by atoms with Gasteiger partial charge in [0.25, 0.3) is 15.9 Å². The number of anilines is 2. The van der Waals surface area contributed by atoms with Crippen molar-refractivity contribution in [3.05, 3.63) is 41.7 Å². The number of pyridine rings is 2. The fraction of sp³-hybridized carbons (Fsp3) is 0.389. The Labute approximate surface area is 192 Å². The van der Waals surface area contributed by atoms with Crippen LogP contribution in [0.15, 0.2) is 35.6 Å². The maximum absolute atomic E-state index is 13.3. The van der Waals surface area contributed by atoms with Crippen molar-refractivity contribution in [2.45, 2.75) is 28.9 Å². The molecule has 174 valence electrons. The number of carbonyl (C=O) groups excluding carboxylic acids is 1. The molecule has 0 saturated carbocycles. The molecule has 8 nitrogen and oxygen atoms in total. The molecule has 1 aliphatic rings. The first kappa shape index (κ1) is 24.5. The van der Waals surface area contributed by atoms with Crippen molar-refractivity contribution < 1.29 is 26.4 Å². The number of nitrogens with two attached hydrogens (primary N) is 1. The second kappa shape index (κ2) is 8.65. The molecular formula is C18H18Cl2F3N5O3S. The Morgan fingerprint density at radius 3 is 2.59 bits per heavy atom. The highest BCUT2D eigenvalue weighted by molar-refractivity contribution is 7.89. The Bertz CT molecular complexity index is 1140. The van der Waals surface area contributed by atoms with Crippen LogP contribution in [0, 0.1) is 5.92 Å². The fourth-order valence-electron chi connectivity index (χ4n) is 3.15. The van der Waals surface area contributed by atoms with Crippen LogP contribution in [0.25, 0.3) is 0 Å². The molecule has 14 heteroatoms. The second-order valence-electron chi connectivity index (χ2n) is 7.33. The van der Waals surface area contributed by atoms with E-state index in [-0.39, 0.29) is 36.1 Å². The van der Waals surface area contributed by atoms with E-state index in [4.69, 9.17) is 28.3 Å². The zero-order valence-corrected chi connectivity index (χ0v) is 18.9. The summed E-state index contributed by atoms with van der Waals surface area (Å²) in [7, 11) is -4.15. The van der Waals surface area contributed by atoms with E-state index in [1.807, 2.05) is 0 Å². The van der Waals surface area contributed by atoms with E-state index in [9.17, 15) is 26.4 Å². The topological polar surface area (TPSA) is 118 Å². The summed E-state index contributed by atoms with van der Waals surface area (Å²) in [6.07, 6.45) is -2.68. The number of hydrogen-bond acceptors (Lipinski definition) is 6. The molecule has 0 spiro atoms. The predicted molar refractivity (Wildman–Crippen MR) is 113 cm³/mol. The second-order valence-corrected chi connectivity index (χ2v) is 10.4. The summed E-state index contributed by atoms with van der Waals surface area (Å²) < 4.78 is 61.8. The van der Waals surface area contributed by atoms with Gasteiger partial charge in [-0.1, -0.05) is 6.92 Å². The van der Waals surface area contributed by atoms with Gasteiger partial charge in [-0.2, -0.15) is 13.2 Å². The number of primary sulfonamides is 1. The van der Waals surface area contributed by atoms with Gasteiger partial charge in [-0.25, -0.2) is 23.5 Å². The van der Waals surface area contributed by atoms with E-state index < -0.39 is 37.0 Å². The van der Waals surface area contributed by atoms with E-state index in [1.54, 1.807) is 11.8 Å².